The largest absolute Gasteiger partial charge is 0.495 e. The monoisotopic (exact) mass is 300 g/mol. The molecule has 17 heavy (non-hydrogen) atoms. The van der Waals surface area contributed by atoms with Crippen LogP contribution in [0.1, 0.15) is 13.3 Å². The van der Waals surface area contributed by atoms with Crippen LogP contribution in [0.3, 0.4) is 0 Å². The quantitative estimate of drug-likeness (QED) is 0.878. The number of rotatable bonds is 6. The Kier molecular flexibility index (Phi) is 5.78. The Balaban J connectivity index is 2.73. The number of benzene rings is 1. The molecule has 2 N–H and O–H groups in total. The third kappa shape index (κ3) is 4.21. The first-order chi connectivity index (χ1) is 8.08. The summed E-state index contributed by atoms with van der Waals surface area (Å²) in [5.41, 5.74) is 6.73. The van der Waals surface area contributed by atoms with Crippen molar-refractivity contribution >= 4 is 21.6 Å². The molecule has 1 aromatic rings. The van der Waals surface area contributed by atoms with Gasteiger partial charge in [0.2, 0.25) is 0 Å². The van der Waals surface area contributed by atoms with E-state index in [0.717, 1.165) is 35.4 Å². The molecule has 3 nitrogen and oxygen atoms in total. The summed E-state index contributed by atoms with van der Waals surface area (Å²) < 4.78 is 6.43. The maximum atomic E-state index is 5.63. The number of ether oxygens (including phenoxy) is 1. The second-order valence-corrected chi connectivity index (χ2v) is 5.28. The molecule has 0 aromatic heterocycles. The van der Waals surface area contributed by atoms with Crippen molar-refractivity contribution in [3.63, 3.8) is 0 Å². The average molecular weight is 301 g/mol. The van der Waals surface area contributed by atoms with Crippen molar-refractivity contribution in [3.05, 3.63) is 22.7 Å². The maximum absolute atomic E-state index is 5.63. The van der Waals surface area contributed by atoms with Gasteiger partial charge in [0.25, 0.3) is 0 Å². The van der Waals surface area contributed by atoms with E-state index in [1.807, 2.05) is 12.1 Å². The smallest absolute Gasteiger partial charge is 0.142 e. The van der Waals surface area contributed by atoms with Gasteiger partial charge in [-0.3, -0.25) is 0 Å². The molecule has 0 heterocycles. The van der Waals surface area contributed by atoms with Crippen molar-refractivity contribution in [3.8, 4) is 5.75 Å². The van der Waals surface area contributed by atoms with Crippen molar-refractivity contribution in [1.82, 2.24) is 0 Å². The van der Waals surface area contributed by atoms with Crippen molar-refractivity contribution in [2.75, 3.05) is 32.1 Å². The first-order valence-corrected chi connectivity index (χ1v) is 6.62. The van der Waals surface area contributed by atoms with Crippen molar-refractivity contribution in [1.29, 1.82) is 0 Å². The van der Waals surface area contributed by atoms with Gasteiger partial charge in [0.15, 0.2) is 0 Å². The molecule has 0 bridgehead atoms. The molecule has 96 valence electrons. The number of methoxy groups -OCH3 is 1. The van der Waals surface area contributed by atoms with Gasteiger partial charge < -0.3 is 15.4 Å². The number of nitrogens with two attached hydrogens (primary N) is 1. The van der Waals surface area contributed by atoms with E-state index in [9.17, 15) is 0 Å². The fourth-order valence-electron chi connectivity index (χ4n) is 1.61. The minimum absolute atomic E-state index is 0.551. The summed E-state index contributed by atoms with van der Waals surface area (Å²) in [6.07, 6.45) is 1.09. The van der Waals surface area contributed by atoms with E-state index in [1.165, 1.54) is 0 Å². The van der Waals surface area contributed by atoms with Crippen LogP contribution in [0, 0.1) is 5.92 Å². The minimum atomic E-state index is 0.551. The van der Waals surface area contributed by atoms with Crippen LogP contribution in [0.2, 0.25) is 0 Å². The predicted molar refractivity (Wildman–Crippen MR) is 76.8 cm³/mol. The van der Waals surface area contributed by atoms with Crippen molar-refractivity contribution < 1.29 is 4.74 Å². The van der Waals surface area contributed by atoms with Gasteiger partial charge in [-0.05, 0) is 37.1 Å². The standard InChI is InChI=1S/C13H21BrN2O/c1-10(9-15)6-7-16(2)12-8-11(14)4-5-13(12)17-3/h4-5,8,10H,6-7,9,15H2,1-3H3. The van der Waals surface area contributed by atoms with E-state index in [1.54, 1.807) is 7.11 Å². The molecule has 4 heteroatoms. The molecular formula is C13H21BrN2O. The highest BCUT2D eigenvalue weighted by Crippen LogP contribution is 2.30. The van der Waals surface area contributed by atoms with Crippen LogP contribution in [0.5, 0.6) is 5.75 Å². The van der Waals surface area contributed by atoms with Gasteiger partial charge in [0.1, 0.15) is 5.75 Å². The van der Waals surface area contributed by atoms with Crippen molar-refractivity contribution in [2.45, 2.75) is 13.3 Å². The topological polar surface area (TPSA) is 38.5 Å². The lowest BCUT2D eigenvalue weighted by molar-refractivity contribution is 0.414. The summed E-state index contributed by atoms with van der Waals surface area (Å²) in [7, 11) is 3.77. The van der Waals surface area contributed by atoms with E-state index < -0.39 is 0 Å². The molecular weight excluding hydrogens is 280 g/mol. The molecule has 0 saturated carbocycles. The van der Waals surface area contributed by atoms with Gasteiger partial charge in [0.05, 0.1) is 12.8 Å². The Morgan fingerprint density at radius 3 is 2.76 bits per heavy atom. The fourth-order valence-corrected chi connectivity index (χ4v) is 1.96. The summed E-state index contributed by atoms with van der Waals surface area (Å²) in [6, 6.07) is 6.03. The minimum Gasteiger partial charge on any atom is -0.495 e. The highest BCUT2D eigenvalue weighted by atomic mass is 79.9. The zero-order valence-corrected chi connectivity index (χ0v) is 12.3. The highest BCUT2D eigenvalue weighted by Gasteiger charge is 2.09. The zero-order chi connectivity index (χ0) is 12.8. The molecule has 0 radical (unpaired) electrons. The molecule has 0 aliphatic carbocycles. The molecule has 0 aliphatic heterocycles. The lowest BCUT2D eigenvalue weighted by Crippen LogP contribution is -2.23. The molecule has 0 fully saturated rings. The Bertz CT molecular complexity index is 357. The first-order valence-electron chi connectivity index (χ1n) is 5.83. The van der Waals surface area contributed by atoms with E-state index in [2.05, 4.69) is 40.9 Å². The Labute approximate surface area is 112 Å². The molecule has 0 amide bonds. The molecule has 0 spiro atoms. The van der Waals surface area contributed by atoms with Gasteiger partial charge in [0, 0.05) is 18.1 Å². The van der Waals surface area contributed by atoms with Crippen LogP contribution < -0.4 is 15.4 Å². The van der Waals surface area contributed by atoms with Gasteiger partial charge >= 0.3 is 0 Å². The summed E-state index contributed by atoms with van der Waals surface area (Å²) in [6.45, 7) is 3.89. The molecule has 0 saturated heterocycles. The summed E-state index contributed by atoms with van der Waals surface area (Å²) in [5, 5.41) is 0. The van der Waals surface area contributed by atoms with E-state index in [0.29, 0.717) is 5.92 Å². The van der Waals surface area contributed by atoms with Crippen LogP contribution in [-0.4, -0.2) is 27.2 Å². The van der Waals surface area contributed by atoms with E-state index in [4.69, 9.17) is 10.5 Å². The van der Waals surface area contributed by atoms with Gasteiger partial charge in [-0.15, -0.1) is 0 Å². The second kappa shape index (κ2) is 6.87. The van der Waals surface area contributed by atoms with Gasteiger partial charge in [-0.25, -0.2) is 0 Å². The van der Waals surface area contributed by atoms with E-state index in [-0.39, 0.29) is 0 Å². The fraction of sp³-hybridized carbons (Fsp3) is 0.538. The van der Waals surface area contributed by atoms with Gasteiger partial charge in [-0.1, -0.05) is 22.9 Å². The molecule has 1 atom stereocenters. The van der Waals surface area contributed by atoms with Crippen LogP contribution in [0.25, 0.3) is 0 Å². The number of nitrogens with zero attached hydrogens (tertiary/aromatic N) is 1. The lowest BCUT2D eigenvalue weighted by Gasteiger charge is -2.23. The number of halogens is 1. The molecule has 1 rings (SSSR count). The summed E-state index contributed by atoms with van der Waals surface area (Å²) >= 11 is 3.49. The molecule has 0 aliphatic rings. The third-order valence-corrected chi connectivity index (χ3v) is 3.41. The zero-order valence-electron chi connectivity index (χ0n) is 10.7. The Morgan fingerprint density at radius 1 is 1.47 bits per heavy atom. The number of hydrogen-bond acceptors (Lipinski definition) is 3. The van der Waals surface area contributed by atoms with E-state index >= 15 is 0 Å². The van der Waals surface area contributed by atoms with Crippen LogP contribution >= 0.6 is 15.9 Å². The lowest BCUT2D eigenvalue weighted by atomic mass is 10.1. The van der Waals surface area contributed by atoms with Crippen molar-refractivity contribution in [2.24, 2.45) is 11.7 Å². The predicted octanol–water partition coefficient (Wildman–Crippen LogP) is 2.88. The SMILES string of the molecule is COc1ccc(Br)cc1N(C)CCC(C)CN. The molecule has 1 aromatic carbocycles. The number of anilines is 1. The average Bonchev–Trinajstić information content (AvgIpc) is 2.35. The second-order valence-electron chi connectivity index (χ2n) is 4.37. The highest BCUT2D eigenvalue weighted by molar-refractivity contribution is 9.10. The normalized spacial score (nSPS) is 12.3. The summed E-state index contributed by atoms with van der Waals surface area (Å²) in [5.74, 6) is 1.45. The summed E-state index contributed by atoms with van der Waals surface area (Å²) in [4.78, 5) is 2.20. The Morgan fingerprint density at radius 2 is 2.18 bits per heavy atom. The number of hydrogen-bond donors (Lipinski definition) is 1. The molecule has 1 unspecified atom stereocenters. The first kappa shape index (κ1) is 14.3. The van der Waals surface area contributed by atoms with Crippen LogP contribution in [0.15, 0.2) is 22.7 Å². The van der Waals surface area contributed by atoms with Crippen LogP contribution in [-0.2, 0) is 0 Å². The maximum Gasteiger partial charge on any atom is 0.142 e. The Hall–Kier alpha value is -0.740. The van der Waals surface area contributed by atoms with Crippen LogP contribution in [0.4, 0.5) is 5.69 Å². The third-order valence-electron chi connectivity index (χ3n) is 2.91. The van der Waals surface area contributed by atoms with Gasteiger partial charge in [-0.2, -0.15) is 0 Å².